The zero-order valence-electron chi connectivity index (χ0n) is 12.5. The summed E-state index contributed by atoms with van der Waals surface area (Å²) in [4.78, 5) is 12.8. The van der Waals surface area contributed by atoms with Crippen molar-refractivity contribution in [2.75, 3.05) is 36.0 Å². The van der Waals surface area contributed by atoms with Crippen LogP contribution in [0, 0.1) is 5.82 Å². The van der Waals surface area contributed by atoms with Gasteiger partial charge in [0, 0.05) is 44.8 Å². The molecule has 0 unspecified atom stereocenters. The normalized spacial score (nSPS) is 15.9. The minimum atomic E-state index is -0.279. The fourth-order valence-electron chi connectivity index (χ4n) is 2.92. The van der Waals surface area contributed by atoms with Gasteiger partial charge in [-0.1, -0.05) is 0 Å². The topological polar surface area (TPSA) is 62.5 Å². The highest BCUT2D eigenvalue weighted by Gasteiger charge is 2.21. The van der Waals surface area contributed by atoms with E-state index in [4.69, 9.17) is 0 Å². The van der Waals surface area contributed by atoms with Crippen LogP contribution < -0.4 is 9.80 Å². The molecule has 8 heteroatoms. The lowest BCUT2D eigenvalue weighted by atomic mass is 10.3. The molecule has 1 aliphatic rings. The van der Waals surface area contributed by atoms with E-state index in [0.29, 0.717) is 12.4 Å². The number of hydrogen-bond acceptors (Lipinski definition) is 6. The first kappa shape index (κ1) is 13.9. The second-order valence-electron chi connectivity index (χ2n) is 5.45. The molecule has 4 rings (SSSR count). The van der Waals surface area contributed by atoms with Gasteiger partial charge in [-0.15, -0.1) is 10.2 Å². The van der Waals surface area contributed by atoms with E-state index in [1.54, 1.807) is 24.8 Å². The first-order valence-corrected chi connectivity index (χ1v) is 7.58. The third-order valence-electron chi connectivity index (χ3n) is 4.03. The van der Waals surface area contributed by atoms with Gasteiger partial charge in [0.15, 0.2) is 17.5 Å². The number of fused-ring (bicyclic) bond motifs is 1. The number of rotatable bonds is 2. The Hall–Kier alpha value is -2.77. The SMILES string of the molecule is Fc1cccnc1N1CCCN(c2nccn3cnnc23)CC1. The molecule has 1 aliphatic heterocycles. The van der Waals surface area contributed by atoms with E-state index < -0.39 is 0 Å². The van der Waals surface area contributed by atoms with Crippen LogP contribution in [-0.2, 0) is 0 Å². The van der Waals surface area contributed by atoms with Gasteiger partial charge in [-0.2, -0.15) is 0 Å². The molecule has 0 amide bonds. The van der Waals surface area contributed by atoms with Gasteiger partial charge >= 0.3 is 0 Å². The van der Waals surface area contributed by atoms with Gasteiger partial charge in [-0.25, -0.2) is 14.4 Å². The summed E-state index contributed by atoms with van der Waals surface area (Å²) in [6.45, 7) is 3.02. The molecule has 0 N–H and O–H groups in total. The molecule has 7 nitrogen and oxygen atoms in total. The highest BCUT2D eigenvalue weighted by Crippen LogP contribution is 2.21. The summed E-state index contributed by atoms with van der Waals surface area (Å²) < 4.78 is 15.8. The van der Waals surface area contributed by atoms with Crippen molar-refractivity contribution in [3.8, 4) is 0 Å². The van der Waals surface area contributed by atoms with E-state index in [2.05, 4.69) is 25.1 Å². The Morgan fingerprint density at radius 1 is 0.957 bits per heavy atom. The Bertz CT molecular complexity index is 818. The third kappa shape index (κ3) is 2.56. The third-order valence-corrected chi connectivity index (χ3v) is 4.03. The summed E-state index contributed by atoms with van der Waals surface area (Å²) in [6.07, 6.45) is 7.75. The van der Waals surface area contributed by atoms with Crippen molar-refractivity contribution in [3.05, 3.63) is 42.9 Å². The Kier molecular flexibility index (Phi) is 3.49. The van der Waals surface area contributed by atoms with Crippen molar-refractivity contribution in [2.45, 2.75) is 6.42 Å². The van der Waals surface area contributed by atoms with Crippen molar-refractivity contribution in [3.63, 3.8) is 0 Å². The van der Waals surface area contributed by atoms with Crippen LogP contribution in [0.4, 0.5) is 16.0 Å². The van der Waals surface area contributed by atoms with Crippen LogP contribution in [0.5, 0.6) is 0 Å². The Morgan fingerprint density at radius 2 is 1.74 bits per heavy atom. The van der Waals surface area contributed by atoms with Gasteiger partial charge in [0.25, 0.3) is 0 Å². The summed E-state index contributed by atoms with van der Waals surface area (Å²) in [6, 6.07) is 3.06. The van der Waals surface area contributed by atoms with Crippen molar-refractivity contribution >= 4 is 17.3 Å². The predicted molar refractivity (Wildman–Crippen MR) is 84.0 cm³/mol. The molecule has 0 aliphatic carbocycles. The molecule has 0 bridgehead atoms. The van der Waals surface area contributed by atoms with Crippen molar-refractivity contribution in [1.29, 1.82) is 0 Å². The molecule has 3 aromatic rings. The second kappa shape index (κ2) is 5.79. The van der Waals surface area contributed by atoms with E-state index in [9.17, 15) is 4.39 Å². The molecule has 0 radical (unpaired) electrons. The number of nitrogens with zero attached hydrogens (tertiary/aromatic N) is 7. The van der Waals surface area contributed by atoms with Crippen LogP contribution >= 0.6 is 0 Å². The molecule has 1 fully saturated rings. The van der Waals surface area contributed by atoms with Crippen molar-refractivity contribution in [1.82, 2.24) is 24.6 Å². The number of anilines is 2. The zero-order valence-corrected chi connectivity index (χ0v) is 12.5. The fourth-order valence-corrected chi connectivity index (χ4v) is 2.92. The number of aromatic nitrogens is 5. The maximum atomic E-state index is 13.9. The largest absolute Gasteiger partial charge is 0.352 e. The van der Waals surface area contributed by atoms with E-state index in [-0.39, 0.29) is 5.82 Å². The standard InChI is InChI=1S/C15H16FN7/c16-12-3-1-4-17-13(12)21-6-2-7-22(10-9-21)14-15-20-19-11-23(15)8-5-18-14/h1,3-5,8,11H,2,6-7,9-10H2. The molecule has 0 saturated carbocycles. The summed E-state index contributed by atoms with van der Waals surface area (Å²) in [5.74, 6) is 0.954. The monoisotopic (exact) mass is 313 g/mol. The average molecular weight is 313 g/mol. The van der Waals surface area contributed by atoms with Gasteiger partial charge in [0.1, 0.15) is 6.33 Å². The highest BCUT2D eigenvalue weighted by molar-refractivity contribution is 5.63. The number of hydrogen-bond donors (Lipinski definition) is 0. The van der Waals surface area contributed by atoms with E-state index >= 15 is 0 Å². The zero-order chi connectivity index (χ0) is 15.6. The molecule has 0 atom stereocenters. The van der Waals surface area contributed by atoms with Gasteiger partial charge in [0.2, 0.25) is 5.65 Å². The maximum Gasteiger partial charge on any atom is 0.203 e. The maximum absolute atomic E-state index is 13.9. The number of pyridine rings is 1. The molecule has 118 valence electrons. The molecular formula is C15H16FN7. The van der Waals surface area contributed by atoms with Crippen LogP contribution in [0.1, 0.15) is 6.42 Å². The number of halogens is 1. The first-order valence-electron chi connectivity index (χ1n) is 7.58. The molecule has 0 aromatic carbocycles. The van der Waals surface area contributed by atoms with Crippen LogP contribution in [-0.4, -0.2) is 50.7 Å². The summed E-state index contributed by atoms with van der Waals surface area (Å²) >= 11 is 0. The van der Waals surface area contributed by atoms with Crippen LogP contribution in [0.2, 0.25) is 0 Å². The lowest BCUT2D eigenvalue weighted by molar-refractivity contribution is 0.610. The van der Waals surface area contributed by atoms with Crippen LogP contribution in [0.25, 0.3) is 5.65 Å². The minimum Gasteiger partial charge on any atom is -0.352 e. The van der Waals surface area contributed by atoms with Gasteiger partial charge in [-0.05, 0) is 18.6 Å². The molecule has 23 heavy (non-hydrogen) atoms. The first-order chi connectivity index (χ1) is 11.3. The summed E-state index contributed by atoms with van der Waals surface area (Å²) in [5.41, 5.74) is 0.741. The van der Waals surface area contributed by atoms with Crippen LogP contribution in [0.15, 0.2) is 37.1 Å². The van der Waals surface area contributed by atoms with Crippen molar-refractivity contribution in [2.24, 2.45) is 0 Å². The van der Waals surface area contributed by atoms with Crippen molar-refractivity contribution < 1.29 is 4.39 Å². The average Bonchev–Trinajstić information content (AvgIpc) is 2.93. The molecule has 3 aromatic heterocycles. The molecular weight excluding hydrogens is 297 g/mol. The predicted octanol–water partition coefficient (Wildman–Crippen LogP) is 1.38. The second-order valence-corrected chi connectivity index (χ2v) is 5.45. The lowest BCUT2D eigenvalue weighted by Crippen LogP contribution is -2.32. The van der Waals surface area contributed by atoms with E-state index in [1.165, 1.54) is 6.07 Å². The van der Waals surface area contributed by atoms with Gasteiger partial charge in [0.05, 0.1) is 0 Å². The molecule has 4 heterocycles. The Morgan fingerprint density at radius 3 is 2.57 bits per heavy atom. The molecule has 0 spiro atoms. The van der Waals surface area contributed by atoms with Gasteiger partial charge < -0.3 is 9.80 Å². The Labute approximate surface area is 132 Å². The fraction of sp³-hybridized carbons (Fsp3) is 0.333. The lowest BCUT2D eigenvalue weighted by Gasteiger charge is -2.23. The Balaban J connectivity index is 1.58. The minimum absolute atomic E-state index is 0.279. The summed E-state index contributed by atoms with van der Waals surface area (Å²) in [7, 11) is 0. The van der Waals surface area contributed by atoms with E-state index in [0.717, 1.165) is 37.5 Å². The van der Waals surface area contributed by atoms with Gasteiger partial charge in [-0.3, -0.25) is 4.40 Å². The highest BCUT2D eigenvalue weighted by atomic mass is 19.1. The van der Waals surface area contributed by atoms with E-state index in [1.807, 2.05) is 15.5 Å². The quantitative estimate of drug-likeness (QED) is 0.712. The molecule has 1 saturated heterocycles. The smallest absolute Gasteiger partial charge is 0.203 e. The van der Waals surface area contributed by atoms with Crippen LogP contribution in [0.3, 0.4) is 0 Å². The summed E-state index contributed by atoms with van der Waals surface area (Å²) in [5, 5.41) is 8.07.